The fraction of sp³-hybridized carbons (Fsp3) is 0. The van der Waals surface area contributed by atoms with Crippen LogP contribution in [-0.4, -0.2) is 15.7 Å². The number of hydrogen-bond acceptors (Lipinski definition) is 4. The van der Waals surface area contributed by atoms with Crippen LogP contribution in [0.5, 0.6) is 0 Å². The Morgan fingerprint density at radius 3 is 2.71 bits per heavy atom. The van der Waals surface area contributed by atoms with E-state index in [1.165, 1.54) is 4.68 Å². The topological polar surface area (TPSA) is 74.0 Å². The van der Waals surface area contributed by atoms with Crippen LogP contribution < -0.4 is 5.73 Å². The summed E-state index contributed by atoms with van der Waals surface area (Å²) in [6.07, 6.45) is 0. The average molecular weight is 277 g/mol. The number of benzene rings is 2. The second-order valence-electron chi connectivity index (χ2n) is 4.77. The van der Waals surface area contributed by atoms with Gasteiger partial charge in [-0.05, 0) is 24.3 Å². The third kappa shape index (κ3) is 1.71. The van der Waals surface area contributed by atoms with Crippen molar-refractivity contribution in [1.82, 2.24) is 9.78 Å². The Balaban J connectivity index is 1.90. The maximum atomic E-state index is 12.6. The monoisotopic (exact) mass is 277 g/mol. The molecule has 2 heterocycles. The summed E-state index contributed by atoms with van der Waals surface area (Å²) >= 11 is 0. The minimum Gasteiger partial charge on any atom is -0.451 e. The highest BCUT2D eigenvalue weighted by Gasteiger charge is 2.19. The van der Waals surface area contributed by atoms with Gasteiger partial charge in [0.2, 0.25) is 0 Å². The van der Waals surface area contributed by atoms with Gasteiger partial charge in [0.25, 0.3) is 0 Å². The fourth-order valence-corrected chi connectivity index (χ4v) is 2.44. The van der Waals surface area contributed by atoms with E-state index in [4.69, 9.17) is 10.2 Å². The molecule has 0 aliphatic heterocycles. The second kappa shape index (κ2) is 4.21. The van der Waals surface area contributed by atoms with Gasteiger partial charge in [0, 0.05) is 10.8 Å². The Kier molecular flexibility index (Phi) is 2.35. The molecule has 5 nitrogen and oxygen atoms in total. The predicted molar refractivity (Wildman–Crippen MR) is 80.1 cm³/mol. The van der Waals surface area contributed by atoms with E-state index in [0.717, 1.165) is 10.8 Å². The van der Waals surface area contributed by atoms with Crippen molar-refractivity contribution in [3.05, 3.63) is 60.4 Å². The van der Waals surface area contributed by atoms with Crippen LogP contribution in [0, 0.1) is 0 Å². The molecule has 0 saturated carbocycles. The average Bonchev–Trinajstić information content (AvgIpc) is 3.09. The van der Waals surface area contributed by atoms with Gasteiger partial charge in [0.1, 0.15) is 5.58 Å². The predicted octanol–water partition coefficient (Wildman–Crippen LogP) is 3.05. The van der Waals surface area contributed by atoms with Crippen LogP contribution in [0.4, 0.5) is 5.82 Å². The van der Waals surface area contributed by atoms with Crippen LogP contribution in [0.3, 0.4) is 0 Å². The molecule has 4 aromatic rings. The first kappa shape index (κ1) is 11.7. The van der Waals surface area contributed by atoms with Crippen molar-refractivity contribution in [1.29, 1.82) is 0 Å². The summed E-state index contributed by atoms with van der Waals surface area (Å²) < 4.78 is 6.87. The molecule has 2 aromatic heterocycles. The van der Waals surface area contributed by atoms with E-state index in [1.54, 1.807) is 12.1 Å². The van der Waals surface area contributed by atoms with Crippen molar-refractivity contribution in [3.63, 3.8) is 0 Å². The molecule has 2 N–H and O–H groups in total. The van der Waals surface area contributed by atoms with Gasteiger partial charge in [-0.1, -0.05) is 30.3 Å². The van der Waals surface area contributed by atoms with Crippen LogP contribution in [0.1, 0.15) is 10.6 Å². The SMILES string of the molecule is Nc1nn(C(=O)c2cc3ccccc3o2)c2ccccc12. The molecule has 0 bridgehead atoms. The lowest BCUT2D eigenvalue weighted by molar-refractivity contribution is 0.0925. The minimum absolute atomic E-state index is 0.240. The van der Waals surface area contributed by atoms with E-state index >= 15 is 0 Å². The zero-order valence-electron chi connectivity index (χ0n) is 11.0. The Bertz CT molecular complexity index is 948. The number of furan rings is 1. The summed E-state index contributed by atoms with van der Waals surface area (Å²) in [6, 6.07) is 16.5. The molecule has 0 spiro atoms. The minimum atomic E-state index is -0.334. The molecule has 0 aliphatic rings. The quantitative estimate of drug-likeness (QED) is 0.580. The molecular formula is C16H11N3O2. The highest BCUT2D eigenvalue weighted by Crippen LogP contribution is 2.23. The number of nitrogens with zero attached hydrogens (tertiary/aromatic N) is 2. The van der Waals surface area contributed by atoms with Crippen LogP contribution in [-0.2, 0) is 0 Å². The van der Waals surface area contributed by atoms with E-state index in [2.05, 4.69) is 5.10 Å². The number of nitrogen functional groups attached to an aromatic ring is 1. The zero-order chi connectivity index (χ0) is 14.4. The maximum Gasteiger partial charge on any atom is 0.314 e. The van der Waals surface area contributed by atoms with Crippen molar-refractivity contribution in [2.24, 2.45) is 0 Å². The van der Waals surface area contributed by atoms with E-state index in [-0.39, 0.29) is 11.7 Å². The Hall–Kier alpha value is -3.08. The van der Waals surface area contributed by atoms with Crippen molar-refractivity contribution in [2.75, 3.05) is 5.73 Å². The third-order valence-corrected chi connectivity index (χ3v) is 3.44. The third-order valence-electron chi connectivity index (χ3n) is 3.44. The number of fused-ring (bicyclic) bond motifs is 2. The van der Waals surface area contributed by atoms with Crippen LogP contribution in [0.15, 0.2) is 59.0 Å². The highest BCUT2D eigenvalue weighted by atomic mass is 16.3. The summed E-state index contributed by atoms with van der Waals surface area (Å²) in [6.45, 7) is 0. The van der Waals surface area contributed by atoms with Crippen LogP contribution >= 0.6 is 0 Å². The van der Waals surface area contributed by atoms with Gasteiger partial charge in [-0.25, -0.2) is 0 Å². The lowest BCUT2D eigenvalue weighted by Crippen LogP contribution is -2.12. The normalized spacial score (nSPS) is 11.2. The molecule has 0 atom stereocenters. The number of rotatable bonds is 1. The molecular weight excluding hydrogens is 266 g/mol. The molecule has 0 saturated heterocycles. The van der Waals surface area contributed by atoms with E-state index in [9.17, 15) is 4.79 Å². The lowest BCUT2D eigenvalue weighted by Gasteiger charge is -1.98. The largest absolute Gasteiger partial charge is 0.451 e. The van der Waals surface area contributed by atoms with Gasteiger partial charge in [0.15, 0.2) is 11.6 Å². The van der Waals surface area contributed by atoms with Gasteiger partial charge in [0.05, 0.1) is 5.52 Å². The molecule has 2 aromatic carbocycles. The van der Waals surface area contributed by atoms with Gasteiger partial charge in [-0.15, -0.1) is 5.10 Å². The molecule has 4 rings (SSSR count). The first-order valence-electron chi connectivity index (χ1n) is 6.50. The summed E-state index contributed by atoms with van der Waals surface area (Å²) in [5.41, 5.74) is 7.19. The summed E-state index contributed by atoms with van der Waals surface area (Å²) in [4.78, 5) is 12.6. The van der Waals surface area contributed by atoms with Crippen molar-refractivity contribution >= 4 is 33.6 Å². The molecule has 0 aliphatic carbocycles. The molecule has 5 heteroatoms. The number of carbonyl (C=O) groups excluding carboxylic acids is 1. The van der Waals surface area contributed by atoms with Gasteiger partial charge in [-0.2, -0.15) is 4.68 Å². The molecule has 102 valence electrons. The van der Waals surface area contributed by atoms with Crippen molar-refractivity contribution < 1.29 is 9.21 Å². The zero-order valence-corrected chi connectivity index (χ0v) is 11.0. The Morgan fingerprint density at radius 2 is 1.86 bits per heavy atom. The van der Waals surface area contributed by atoms with Gasteiger partial charge in [-0.3, -0.25) is 4.79 Å². The second-order valence-corrected chi connectivity index (χ2v) is 4.77. The lowest BCUT2D eigenvalue weighted by atomic mass is 10.2. The van der Waals surface area contributed by atoms with E-state index in [0.29, 0.717) is 16.9 Å². The van der Waals surface area contributed by atoms with E-state index < -0.39 is 0 Å². The summed E-state index contributed by atoms with van der Waals surface area (Å²) in [7, 11) is 0. The molecule has 0 unspecified atom stereocenters. The number of hydrogen-bond donors (Lipinski definition) is 1. The Morgan fingerprint density at radius 1 is 1.10 bits per heavy atom. The summed E-state index contributed by atoms with van der Waals surface area (Å²) in [5, 5.41) is 5.75. The number of para-hydroxylation sites is 2. The molecule has 21 heavy (non-hydrogen) atoms. The first-order valence-corrected chi connectivity index (χ1v) is 6.50. The maximum absolute atomic E-state index is 12.6. The van der Waals surface area contributed by atoms with Crippen LogP contribution in [0.25, 0.3) is 21.9 Å². The Labute approximate surface area is 119 Å². The van der Waals surface area contributed by atoms with Crippen molar-refractivity contribution in [2.45, 2.75) is 0 Å². The summed E-state index contributed by atoms with van der Waals surface area (Å²) in [5.74, 6) is 0.235. The number of anilines is 1. The highest BCUT2D eigenvalue weighted by molar-refractivity contribution is 6.03. The smallest absolute Gasteiger partial charge is 0.314 e. The van der Waals surface area contributed by atoms with Crippen molar-refractivity contribution in [3.8, 4) is 0 Å². The first-order chi connectivity index (χ1) is 10.2. The number of aromatic nitrogens is 2. The van der Waals surface area contributed by atoms with E-state index in [1.807, 2.05) is 42.5 Å². The molecule has 0 radical (unpaired) electrons. The molecule has 0 amide bonds. The standard InChI is InChI=1S/C16H11N3O2/c17-15-11-6-2-3-7-12(11)19(18-15)16(20)14-9-10-5-1-4-8-13(10)21-14/h1-9H,(H2,17,18). The van der Waals surface area contributed by atoms with Gasteiger partial charge >= 0.3 is 5.91 Å². The fourth-order valence-electron chi connectivity index (χ4n) is 2.44. The number of carbonyl (C=O) groups is 1. The van der Waals surface area contributed by atoms with Gasteiger partial charge < -0.3 is 10.2 Å². The molecule has 0 fully saturated rings. The van der Waals surface area contributed by atoms with Crippen LogP contribution in [0.2, 0.25) is 0 Å². The number of nitrogens with two attached hydrogens (primary N) is 1.